The molecule has 1 amide bonds. The normalized spacial score (nSPS) is 11.4. The molecular weight excluding hydrogens is 278 g/mol. The van der Waals surface area contributed by atoms with E-state index in [1.807, 2.05) is 49.3 Å². The smallest absolute Gasteiger partial charge is 0.262 e. The molecule has 0 spiro atoms. The number of nitriles is 1. The molecule has 0 unspecified atom stereocenters. The van der Waals surface area contributed by atoms with E-state index >= 15 is 0 Å². The second-order valence-electron chi connectivity index (χ2n) is 5.16. The van der Waals surface area contributed by atoms with Crippen molar-refractivity contribution in [3.63, 3.8) is 0 Å². The Balaban J connectivity index is 2.87. The van der Waals surface area contributed by atoms with Crippen molar-refractivity contribution in [3.8, 4) is 6.07 Å². The predicted octanol–water partition coefficient (Wildman–Crippen LogP) is 2.20. The fourth-order valence-electron chi connectivity index (χ4n) is 1.97. The topological polar surface area (TPSA) is 65.4 Å². The zero-order chi connectivity index (χ0) is 16.5. The lowest BCUT2D eigenvalue weighted by Gasteiger charge is -2.13. The van der Waals surface area contributed by atoms with E-state index < -0.39 is 0 Å². The number of carbonyl (C=O) groups is 1. The highest BCUT2D eigenvalue weighted by Crippen LogP contribution is 2.21. The third-order valence-electron chi connectivity index (χ3n) is 3.34. The van der Waals surface area contributed by atoms with E-state index in [0.717, 1.165) is 17.7 Å². The Morgan fingerprint density at radius 3 is 2.45 bits per heavy atom. The summed E-state index contributed by atoms with van der Waals surface area (Å²) in [6.45, 7) is 2.86. The lowest BCUT2D eigenvalue weighted by atomic mass is 10.0. The van der Waals surface area contributed by atoms with Crippen LogP contribution in [0.1, 0.15) is 18.9 Å². The molecule has 0 saturated heterocycles. The van der Waals surface area contributed by atoms with Gasteiger partial charge in [0.1, 0.15) is 11.6 Å². The Hall–Kier alpha value is -2.32. The first-order chi connectivity index (χ1) is 10.5. The van der Waals surface area contributed by atoms with Gasteiger partial charge in [0, 0.05) is 40.0 Å². The van der Waals surface area contributed by atoms with Crippen LogP contribution in [-0.2, 0) is 9.53 Å². The van der Waals surface area contributed by atoms with Crippen LogP contribution in [0.5, 0.6) is 0 Å². The predicted molar refractivity (Wildman–Crippen MR) is 88.5 cm³/mol. The summed E-state index contributed by atoms with van der Waals surface area (Å²) in [7, 11) is 5.54. The third-order valence-corrected chi connectivity index (χ3v) is 3.34. The van der Waals surface area contributed by atoms with Crippen molar-refractivity contribution in [2.24, 2.45) is 0 Å². The summed E-state index contributed by atoms with van der Waals surface area (Å²) >= 11 is 0. The quantitative estimate of drug-likeness (QED) is 0.476. The maximum atomic E-state index is 12.1. The molecule has 1 rings (SSSR count). The molecule has 0 aromatic heterocycles. The van der Waals surface area contributed by atoms with Gasteiger partial charge in [-0.15, -0.1) is 0 Å². The van der Waals surface area contributed by atoms with Crippen molar-refractivity contribution in [2.45, 2.75) is 13.3 Å². The van der Waals surface area contributed by atoms with Gasteiger partial charge in [0.25, 0.3) is 5.91 Å². The molecule has 0 fully saturated rings. The van der Waals surface area contributed by atoms with Crippen LogP contribution in [0, 0.1) is 11.3 Å². The number of amides is 1. The first-order valence-corrected chi connectivity index (χ1v) is 7.17. The third kappa shape index (κ3) is 4.90. The number of ether oxygens (including phenoxy) is 1. The van der Waals surface area contributed by atoms with Crippen molar-refractivity contribution in [3.05, 3.63) is 35.4 Å². The largest absolute Gasteiger partial charge is 0.385 e. The lowest BCUT2D eigenvalue weighted by Crippen LogP contribution is -2.26. The summed E-state index contributed by atoms with van der Waals surface area (Å²) in [6, 6.07) is 9.76. The number of hydrogen-bond donors (Lipinski definition) is 1. The number of nitrogens with zero attached hydrogens (tertiary/aromatic N) is 2. The van der Waals surface area contributed by atoms with E-state index in [4.69, 9.17) is 4.74 Å². The number of methoxy groups -OCH3 is 1. The van der Waals surface area contributed by atoms with Crippen LogP contribution in [0.4, 0.5) is 5.69 Å². The Bertz CT molecular complexity index is 569. The van der Waals surface area contributed by atoms with E-state index in [1.54, 1.807) is 14.0 Å². The Kier molecular flexibility index (Phi) is 7.14. The Labute approximate surface area is 132 Å². The van der Waals surface area contributed by atoms with Crippen LogP contribution in [-0.4, -0.2) is 40.3 Å². The molecule has 1 N–H and O–H groups in total. The van der Waals surface area contributed by atoms with Crippen molar-refractivity contribution in [1.82, 2.24) is 5.32 Å². The van der Waals surface area contributed by atoms with Crippen LogP contribution >= 0.6 is 0 Å². The summed E-state index contributed by atoms with van der Waals surface area (Å²) < 4.78 is 4.93. The molecule has 0 radical (unpaired) electrons. The standard InChI is InChI=1S/C17H23N3O2/c1-13(14-6-8-15(9-7-14)20(2)3)16(12-18)17(21)19-10-5-11-22-4/h6-9H,5,10-11H2,1-4H3,(H,19,21)/b16-13+. The molecule has 0 saturated carbocycles. The molecule has 5 heteroatoms. The van der Waals surface area contributed by atoms with E-state index in [0.29, 0.717) is 18.7 Å². The first-order valence-electron chi connectivity index (χ1n) is 7.17. The molecule has 0 aliphatic heterocycles. The van der Waals surface area contributed by atoms with Crippen molar-refractivity contribution in [2.75, 3.05) is 39.3 Å². The second kappa shape index (κ2) is 8.85. The van der Waals surface area contributed by atoms with E-state index in [2.05, 4.69) is 5.32 Å². The van der Waals surface area contributed by atoms with Gasteiger partial charge < -0.3 is 15.0 Å². The van der Waals surface area contributed by atoms with Gasteiger partial charge >= 0.3 is 0 Å². The van der Waals surface area contributed by atoms with Gasteiger partial charge in [-0.05, 0) is 36.6 Å². The minimum Gasteiger partial charge on any atom is -0.385 e. The molecule has 1 aromatic carbocycles. The molecule has 0 bridgehead atoms. The molecule has 0 aliphatic rings. The fourth-order valence-corrected chi connectivity index (χ4v) is 1.97. The zero-order valence-electron chi connectivity index (χ0n) is 13.6. The summed E-state index contributed by atoms with van der Waals surface area (Å²) in [4.78, 5) is 14.1. The van der Waals surface area contributed by atoms with Crippen LogP contribution in [0.25, 0.3) is 5.57 Å². The maximum absolute atomic E-state index is 12.1. The number of benzene rings is 1. The number of carbonyl (C=O) groups excluding carboxylic acids is 1. The zero-order valence-corrected chi connectivity index (χ0v) is 13.6. The molecular formula is C17H23N3O2. The van der Waals surface area contributed by atoms with Crippen molar-refractivity contribution < 1.29 is 9.53 Å². The highest BCUT2D eigenvalue weighted by molar-refractivity contribution is 6.04. The van der Waals surface area contributed by atoms with Gasteiger partial charge in [-0.2, -0.15) is 5.26 Å². The highest BCUT2D eigenvalue weighted by atomic mass is 16.5. The van der Waals surface area contributed by atoms with E-state index in [9.17, 15) is 10.1 Å². The molecule has 5 nitrogen and oxygen atoms in total. The van der Waals surface area contributed by atoms with Gasteiger partial charge in [0.05, 0.1) is 0 Å². The summed E-state index contributed by atoms with van der Waals surface area (Å²) in [5.41, 5.74) is 2.76. The first kappa shape index (κ1) is 17.7. The van der Waals surface area contributed by atoms with Crippen molar-refractivity contribution >= 4 is 17.2 Å². The summed E-state index contributed by atoms with van der Waals surface area (Å²) in [5, 5.41) is 12.0. The number of hydrogen-bond acceptors (Lipinski definition) is 4. The van der Waals surface area contributed by atoms with Crippen molar-refractivity contribution in [1.29, 1.82) is 5.26 Å². The minimum absolute atomic E-state index is 0.148. The van der Waals surface area contributed by atoms with Gasteiger partial charge in [0.2, 0.25) is 0 Å². The molecule has 1 aromatic rings. The van der Waals surface area contributed by atoms with Gasteiger partial charge in [-0.1, -0.05) is 12.1 Å². The number of allylic oxidation sites excluding steroid dienone is 1. The van der Waals surface area contributed by atoms with E-state index in [1.165, 1.54) is 0 Å². The molecule has 0 aliphatic carbocycles. The lowest BCUT2D eigenvalue weighted by molar-refractivity contribution is -0.117. The van der Waals surface area contributed by atoms with Crippen LogP contribution in [0.15, 0.2) is 29.8 Å². The summed E-state index contributed by atoms with van der Waals surface area (Å²) in [6.07, 6.45) is 0.720. The summed E-state index contributed by atoms with van der Waals surface area (Å²) in [5.74, 6) is -0.340. The number of rotatable bonds is 7. The maximum Gasteiger partial charge on any atom is 0.262 e. The SMILES string of the molecule is COCCCNC(=O)/C(C#N)=C(\C)c1ccc(N(C)C)cc1. The number of nitrogens with one attached hydrogen (secondary N) is 1. The minimum atomic E-state index is -0.340. The van der Waals surface area contributed by atoms with Gasteiger partial charge in [-0.3, -0.25) is 4.79 Å². The van der Waals surface area contributed by atoms with E-state index in [-0.39, 0.29) is 11.5 Å². The average Bonchev–Trinajstić information content (AvgIpc) is 2.52. The van der Waals surface area contributed by atoms with Crippen LogP contribution in [0.2, 0.25) is 0 Å². The highest BCUT2D eigenvalue weighted by Gasteiger charge is 2.13. The van der Waals surface area contributed by atoms with Crippen LogP contribution in [0.3, 0.4) is 0 Å². The molecule has 118 valence electrons. The molecule has 0 atom stereocenters. The Morgan fingerprint density at radius 1 is 1.32 bits per heavy atom. The van der Waals surface area contributed by atoms with Gasteiger partial charge in [-0.25, -0.2) is 0 Å². The van der Waals surface area contributed by atoms with Crippen LogP contribution < -0.4 is 10.2 Å². The molecule has 0 heterocycles. The Morgan fingerprint density at radius 2 is 1.95 bits per heavy atom. The average molecular weight is 301 g/mol. The van der Waals surface area contributed by atoms with Gasteiger partial charge in [0.15, 0.2) is 0 Å². The second-order valence-corrected chi connectivity index (χ2v) is 5.16. The molecule has 22 heavy (non-hydrogen) atoms. The fraction of sp³-hybridized carbons (Fsp3) is 0.412. The number of anilines is 1. The monoisotopic (exact) mass is 301 g/mol.